The Bertz CT molecular complexity index is 2020. The number of alkyl halides is 1. The number of ether oxygens (including phenoxy) is 1. The van der Waals surface area contributed by atoms with E-state index in [1.54, 1.807) is 0 Å². The van der Waals surface area contributed by atoms with E-state index in [2.05, 4.69) is 101 Å². The molecule has 0 atom stereocenters. The highest BCUT2D eigenvalue weighted by atomic mass is 79.9. The van der Waals surface area contributed by atoms with Gasteiger partial charge in [0, 0.05) is 44.3 Å². The quantitative estimate of drug-likeness (QED) is 0.143. The average molecular weight is 630 g/mol. The summed E-state index contributed by atoms with van der Waals surface area (Å²) in [5.41, 5.74) is 9.33. The first-order valence-corrected chi connectivity index (χ1v) is 15.4. The topological polar surface area (TPSA) is 9.23 Å². The molecule has 0 bridgehead atoms. The van der Waals surface area contributed by atoms with Gasteiger partial charge in [-0.25, -0.2) is 0 Å². The molecule has 1 nitrogen and oxygen atoms in total. The summed E-state index contributed by atoms with van der Waals surface area (Å²) in [5.74, 6) is 27.2. The van der Waals surface area contributed by atoms with Crippen molar-refractivity contribution in [2.45, 2.75) is 13.8 Å². The van der Waals surface area contributed by atoms with Crippen LogP contribution in [0.5, 0.6) is 5.75 Å². The summed E-state index contributed by atoms with van der Waals surface area (Å²) in [5, 5.41) is 0.709. The van der Waals surface area contributed by atoms with Gasteiger partial charge < -0.3 is 4.74 Å². The Hall–Kier alpha value is -5.38. The molecule has 0 spiro atoms. The predicted octanol–water partition coefficient (Wildman–Crippen LogP) is 8.68. The summed E-state index contributed by atoms with van der Waals surface area (Å²) in [6, 6.07) is 38.1. The molecule has 0 aliphatic carbocycles. The van der Waals surface area contributed by atoms with Crippen LogP contribution in [0.15, 0.2) is 115 Å². The van der Waals surface area contributed by atoms with Gasteiger partial charge in [-0.3, -0.25) is 0 Å². The molecule has 0 saturated carbocycles. The lowest BCUT2D eigenvalue weighted by Crippen LogP contribution is -2.01. The molecule has 5 rings (SSSR count). The number of hydrogen-bond donors (Lipinski definition) is 0. The lowest BCUT2D eigenvalue weighted by atomic mass is 10.0. The molecule has 0 aliphatic heterocycles. The molecule has 0 unspecified atom stereocenters. The number of rotatable bonds is 3. The highest BCUT2D eigenvalue weighted by Gasteiger charge is 2.07. The summed E-state index contributed by atoms with van der Waals surface area (Å²) in [6.07, 6.45) is 0. The van der Waals surface area contributed by atoms with Gasteiger partial charge in [0.15, 0.2) is 0 Å². The van der Waals surface area contributed by atoms with Gasteiger partial charge in [-0.1, -0.05) is 129 Å². The molecule has 210 valence electrons. The van der Waals surface area contributed by atoms with E-state index < -0.39 is 0 Å². The summed E-state index contributed by atoms with van der Waals surface area (Å²) in [4.78, 5) is 0. The fourth-order valence-corrected chi connectivity index (χ4v) is 4.41. The minimum absolute atomic E-state index is 0.515. The number of benzene rings is 5. The van der Waals surface area contributed by atoms with Gasteiger partial charge in [0.05, 0.1) is 12.2 Å². The Morgan fingerprint density at radius 2 is 0.864 bits per heavy atom. The normalized spacial score (nSPS) is 9.61. The molecular weight excluding hydrogens is 600 g/mol. The molecule has 0 aromatic heterocycles. The molecule has 0 saturated heterocycles. The molecule has 0 amide bonds. The van der Waals surface area contributed by atoms with Crippen LogP contribution in [0, 0.1) is 61.2 Å². The monoisotopic (exact) mass is 628 g/mol. The second-order valence-corrected chi connectivity index (χ2v) is 10.8. The van der Waals surface area contributed by atoms with E-state index in [9.17, 15) is 0 Å². The maximum absolute atomic E-state index is 6.06. The summed E-state index contributed by atoms with van der Waals surface area (Å²) < 4.78 is 6.06. The Kier molecular flexibility index (Phi) is 10.4. The number of aryl methyl sites for hydroxylation is 2. The highest BCUT2D eigenvalue weighted by molar-refractivity contribution is 9.09. The minimum atomic E-state index is 0.515. The first-order chi connectivity index (χ1) is 21.6. The third-order valence-corrected chi connectivity index (χ3v) is 6.98. The van der Waals surface area contributed by atoms with Crippen LogP contribution < -0.4 is 4.74 Å². The van der Waals surface area contributed by atoms with E-state index >= 15 is 0 Å². The van der Waals surface area contributed by atoms with Crippen molar-refractivity contribution in [1.82, 2.24) is 0 Å². The molecule has 0 radical (unpaired) electrons. The van der Waals surface area contributed by atoms with Crippen LogP contribution in [0.1, 0.15) is 55.6 Å². The van der Waals surface area contributed by atoms with Crippen LogP contribution >= 0.6 is 15.9 Å². The molecule has 5 aromatic carbocycles. The summed E-state index contributed by atoms with van der Waals surface area (Å²) in [6.45, 7) is 4.65. The summed E-state index contributed by atoms with van der Waals surface area (Å²) in [7, 11) is 0. The first kappa shape index (κ1) is 30.1. The van der Waals surface area contributed by atoms with E-state index in [-0.39, 0.29) is 0 Å². The molecule has 0 fully saturated rings. The second-order valence-electron chi connectivity index (χ2n) is 10.0. The SMILES string of the molecule is Cc1ccc(C#Cc2ccccc2C#Cc2cccc(OCCBr)c2C#Cc2ccccc2C#Cc2ccc(C)cc2)cc1. The van der Waals surface area contributed by atoms with Crippen molar-refractivity contribution in [3.8, 4) is 53.1 Å². The molecular formula is C42H29BrO. The van der Waals surface area contributed by atoms with Crippen molar-refractivity contribution in [3.63, 3.8) is 0 Å². The van der Waals surface area contributed by atoms with Gasteiger partial charge in [-0.15, -0.1) is 0 Å². The average Bonchev–Trinajstić information content (AvgIpc) is 3.06. The zero-order valence-electron chi connectivity index (χ0n) is 24.7. The van der Waals surface area contributed by atoms with E-state index in [1.165, 1.54) is 11.1 Å². The molecule has 0 aliphatic rings. The minimum Gasteiger partial charge on any atom is -0.491 e. The van der Waals surface area contributed by atoms with Crippen LogP contribution in [0.3, 0.4) is 0 Å². The van der Waals surface area contributed by atoms with E-state index in [0.717, 1.165) is 44.5 Å². The van der Waals surface area contributed by atoms with Crippen LogP contribution in [-0.2, 0) is 0 Å². The molecule has 5 aromatic rings. The van der Waals surface area contributed by atoms with Gasteiger partial charge in [-0.2, -0.15) is 0 Å². The fraction of sp³-hybridized carbons (Fsp3) is 0.0952. The number of halogens is 1. The standard InChI is InChI=1S/C42H29BrO/c1-32-14-18-34(19-15-32)22-24-36-8-3-5-10-38(36)26-27-40-12-7-13-42(44-31-30-43)41(40)29-28-39-11-6-4-9-37(39)25-23-35-20-16-33(2)17-21-35/h3-21H,30-31H2,1-2H3. The lowest BCUT2D eigenvalue weighted by Gasteiger charge is -2.08. The molecule has 44 heavy (non-hydrogen) atoms. The fourth-order valence-electron chi connectivity index (χ4n) is 4.25. The first-order valence-electron chi connectivity index (χ1n) is 14.3. The Morgan fingerprint density at radius 3 is 1.34 bits per heavy atom. The van der Waals surface area contributed by atoms with Crippen molar-refractivity contribution in [1.29, 1.82) is 0 Å². The van der Waals surface area contributed by atoms with Gasteiger partial charge >= 0.3 is 0 Å². The van der Waals surface area contributed by atoms with Crippen molar-refractivity contribution in [2.24, 2.45) is 0 Å². The molecule has 0 heterocycles. The van der Waals surface area contributed by atoms with Gasteiger partial charge in [0.25, 0.3) is 0 Å². The van der Waals surface area contributed by atoms with Crippen molar-refractivity contribution in [3.05, 3.63) is 171 Å². The molecule has 0 N–H and O–H groups in total. The lowest BCUT2D eigenvalue weighted by molar-refractivity contribution is 0.344. The second kappa shape index (κ2) is 15.2. The van der Waals surface area contributed by atoms with Crippen LogP contribution in [0.4, 0.5) is 0 Å². The third-order valence-electron chi connectivity index (χ3n) is 6.66. The Labute approximate surface area is 269 Å². The van der Waals surface area contributed by atoms with Crippen molar-refractivity contribution >= 4 is 15.9 Å². The predicted molar refractivity (Wildman–Crippen MR) is 185 cm³/mol. The van der Waals surface area contributed by atoms with Crippen molar-refractivity contribution in [2.75, 3.05) is 11.9 Å². The maximum atomic E-state index is 6.06. The maximum Gasteiger partial charge on any atom is 0.136 e. The van der Waals surface area contributed by atoms with E-state index in [0.29, 0.717) is 17.7 Å². The zero-order valence-corrected chi connectivity index (χ0v) is 26.3. The van der Waals surface area contributed by atoms with E-state index in [1.807, 2.05) is 91.0 Å². The smallest absolute Gasteiger partial charge is 0.136 e. The Balaban J connectivity index is 1.51. The van der Waals surface area contributed by atoms with Crippen molar-refractivity contribution < 1.29 is 4.74 Å². The number of hydrogen-bond acceptors (Lipinski definition) is 1. The van der Waals surface area contributed by atoms with Crippen LogP contribution in [0.2, 0.25) is 0 Å². The largest absolute Gasteiger partial charge is 0.491 e. The zero-order chi connectivity index (χ0) is 30.6. The highest BCUT2D eigenvalue weighted by Crippen LogP contribution is 2.22. The van der Waals surface area contributed by atoms with Gasteiger partial charge in [0.1, 0.15) is 5.75 Å². The Morgan fingerprint density at radius 1 is 0.455 bits per heavy atom. The van der Waals surface area contributed by atoms with Gasteiger partial charge in [0.2, 0.25) is 0 Å². The van der Waals surface area contributed by atoms with Crippen LogP contribution in [0.25, 0.3) is 0 Å². The van der Waals surface area contributed by atoms with E-state index in [4.69, 9.17) is 4.74 Å². The van der Waals surface area contributed by atoms with Gasteiger partial charge in [-0.05, 0) is 74.5 Å². The summed E-state index contributed by atoms with van der Waals surface area (Å²) >= 11 is 3.46. The molecule has 2 heteroatoms. The third kappa shape index (κ3) is 8.34. The van der Waals surface area contributed by atoms with Crippen LogP contribution in [-0.4, -0.2) is 11.9 Å².